The van der Waals surface area contributed by atoms with Gasteiger partial charge >= 0.3 is 0 Å². The maximum atomic E-state index is 12.2. The molecule has 2 unspecified atom stereocenters. The first kappa shape index (κ1) is 17.1. The molecule has 1 aliphatic carbocycles. The second kappa shape index (κ2) is 8.39. The van der Waals surface area contributed by atoms with E-state index < -0.39 is 0 Å². The minimum absolute atomic E-state index is 0.112. The normalized spacial score (nSPS) is 25.5. The molecule has 7 nitrogen and oxygen atoms in total. The molecule has 1 saturated carbocycles. The lowest BCUT2D eigenvalue weighted by atomic mass is 9.85. The SMILES string of the molecule is NC1CCCC(C(=O)NCCN2CCN(c3ncccn3)CC2)C1. The summed E-state index contributed by atoms with van der Waals surface area (Å²) in [6, 6.07) is 2.03. The van der Waals surface area contributed by atoms with Crippen molar-refractivity contribution >= 4 is 11.9 Å². The Morgan fingerprint density at radius 3 is 2.67 bits per heavy atom. The summed E-state index contributed by atoms with van der Waals surface area (Å²) in [6.45, 7) is 5.41. The molecule has 0 aromatic carbocycles. The molecule has 1 aliphatic heterocycles. The molecule has 2 aliphatic rings. The predicted octanol–water partition coefficient (Wildman–Crippen LogP) is 0.232. The van der Waals surface area contributed by atoms with Crippen molar-refractivity contribution in [3.8, 4) is 0 Å². The molecule has 0 radical (unpaired) electrons. The van der Waals surface area contributed by atoms with Gasteiger partial charge in [0, 0.05) is 63.6 Å². The van der Waals surface area contributed by atoms with Gasteiger partial charge in [-0.2, -0.15) is 0 Å². The largest absolute Gasteiger partial charge is 0.355 e. The van der Waals surface area contributed by atoms with E-state index >= 15 is 0 Å². The fourth-order valence-corrected chi connectivity index (χ4v) is 3.57. The number of nitrogens with one attached hydrogen (secondary N) is 1. The van der Waals surface area contributed by atoms with E-state index in [9.17, 15) is 4.79 Å². The molecule has 1 amide bonds. The van der Waals surface area contributed by atoms with Crippen LogP contribution in [0.15, 0.2) is 18.5 Å². The third-order valence-corrected chi connectivity index (χ3v) is 5.02. The number of piperazine rings is 1. The lowest BCUT2D eigenvalue weighted by Crippen LogP contribution is -2.49. The van der Waals surface area contributed by atoms with Crippen molar-refractivity contribution in [1.29, 1.82) is 0 Å². The van der Waals surface area contributed by atoms with Crippen LogP contribution in [0.2, 0.25) is 0 Å². The summed E-state index contributed by atoms with van der Waals surface area (Å²) >= 11 is 0. The molecule has 2 heterocycles. The highest BCUT2D eigenvalue weighted by Crippen LogP contribution is 2.23. The number of hydrogen-bond acceptors (Lipinski definition) is 6. The molecule has 1 aromatic heterocycles. The summed E-state index contributed by atoms with van der Waals surface area (Å²) in [6.07, 6.45) is 7.50. The number of aromatic nitrogens is 2. The third-order valence-electron chi connectivity index (χ3n) is 5.02. The van der Waals surface area contributed by atoms with Crippen LogP contribution in [0, 0.1) is 5.92 Å². The molecule has 0 spiro atoms. The fourth-order valence-electron chi connectivity index (χ4n) is 3.57. The molecule has 7 heteroatoms. The molecular formula is C17H28N6O. The first-order valence-corrected chi connectivity index (χ1v) is 9.00. The number of amides is 1. The van der Waals surface area contributed by atoms with Crippen molar-refractivity contribution in [2.24, 2.45) is 11.7 Å². The Kier molecular flexibility index (Phi) is 5.98. The molecule has 0 bridgehead atoms. The van der Waals surface area contributed by atoms with Gasteiger partial charge in [0.2, 0.25) is 11.9 Å². The van der Waals surface area contributed by atoms with Gasteiger partial charge in [-0.15, -0.1) is 0 Å². The zero-order valence-corrected chi connectivity index (χ0v) is 14.2. The first-order valence-electron chi connectivity index (χ1n) is 9.00. The molecule has 2 atom stereocenters. The van der Waals surface area contributed by atoms with Crippen LogP contribution in [0.4, 0.5) is 5.95 Å². The zero-order chi connectivity index (χ0) is 16.8. The van der Waals surface area contributed by atoms with Crippen molar-refractivity contribution in [2.45, 2.75) is 31.7 Å². The van der Waals surface area contributed by atoms with Crippen LogP contribution in [0.5, 0.6) is 0 Å². The minimum Gasteiger partial charge on any atom is -0.355 e. The van der Waals surface area contributed by atoms with Gasteiger partial charge in [0.25, 0.3) is 0 Å². The second-order valence-corrected chi connectivity index (χ2v) is 6.79. The van der Waals surface area contributed by atoms with E-state index in [2.05, 4.69) is 25.1 Å². The van der Waals surface area contributed by atoms with Gasteiger partial charge in [0.1, 0.15) is 0 Å². The van der Waals surface area contributed by atoms with Gasteiger partial charge in [-0.25, -0.2) is 9.97 Å². The molecule has 1 aromatic rings. The van der Waals surface area contributed by atoms with E-state index in [0.29, 0.717) is 6.54 Å². The smallest absolute Gasteiger partial charge is 0.225 e. The molecular weight excluding hydrogens is 304 g/mol. The Hall–Kier alpha value is -1.73. The van der Waals surface area contributed by atoms with E-state index in [1.807, 2.05) is 6.07 Å². The number of carbonyl (C=O) groups is 1. The highest BCUT2D eigenvalue weighted by atomic mass is 16.1. The maximum Gasteiger partial charge on any atom is 0.225 e. The van der Waals surface area contributed by atoms with Crippen LogP contribution >= 0.6 is 0 Å². The number of anilines is 1. The van der Waals surface area contributed by atoms with Gasteiger partial charge < -0.3 is 16.0 Å². The van der Waals surface area contributed by atoms with Gasteiger partial charge in [-0.1, -0.05) is 6.42 Å². The summed E-state index contributed by atoms with van der Waals surface area (Å²) in [5, 5.41) is 3.09. The molecule has 1 saturated heterocycles. The van der Waals surface area contributed by atoms with Gasteiger partial charge in [0.15, 0.2) is 0 Å². The fraction of sp³-hybridized carbons (Fsp3) is 0.706. The summed E-state index contributed by atoms with van der Waals surface area (Å²) in [5.74, 6) is 1.10. The Morgan fingerprint density at radius 2 is 1.96 bits per heavy atom. The summed E-state index contributed by atoms with van der Waals surface area (Å²) in [5.41, 5.74) is 5.97. The molecule has 3 N–H and O–H groups in total. The molecule has 3 rings (SSSR count). The topological polar surface area (TPSA) is 87.4 Å². The van der Waals surface area contributed by atoms with Crippen LogP contribution in [0.3, 0.4) is 0 Å². The van der Waals surface area contributed by atoms with Crippen molar-refractivity contribution in [3.63, 3.8) is 0 Å². The number of nitrogens with two attached hydrogens (primary N) is 1. The highest BCUT2D eigenvalue weighted by Gasteiger charge is 2.25. The third kappa shape index (κ3) is 4.64. The van der Waals surface area contributed by atoms with Crippen LogP contribution < -0.4 is 16.0 Å². The summed E-state index contributed by atoms with van der Waals surface area (Å²) in [4.78, 5) is 25.4. The highest BCUT2D eigenvalue weighted by molar-refractivity contribution is 5.78. The zero-order valence-electron chi connectivity index (χ0n) is 14.2. The monoisotopic (exact) mass is 332 g/mol. The van der Waals surface area contributed by atoms with Crippen molar-refractivity contribution in [2.75, 3.05) is 44.2 Å². The van der Waals surface area contributed by atoms with E-state index in [0.717, 1.165) is 64.4 Å². The van der Waals surface area contributed by atoms with Crippen molar-refractivity contribution in [1.82, 2.24) is 20.2 Å². The lowest BCUT2D eigenvalue weighted by molar-refractivity contribution is -0.126. The minimum atomic E-state index is 0.112. The molecule has 24 heavy (non-hydrogen) atoms. The summed E-state index contributed by atoms with van der Waals surface area (Å²) < 4.78 is 0. The van der Waals surface area contributed by atoms with Gasteiger partial charge in [0.05, 0.1) is 0 Å². The maximum absolute atomic E-state index is 12.2. The average Bonchev–Trinajstić information content (AvgIpc) is 2.63. The van der Waals surface area contributed by atoms with Crippen LogP contribution in [0.25, 0.3) is 0 Å². The van der Waals surface area contributed by atoms with Crippen LogP contribution in [-0.2, 0) is 4.79 Å². The average molecular weight is 332 g/mol. The second-order valence-electron chi connectivity index (χ2n) is 6.79. The Morgan fingerprint density at radius 1 is 1.21 bits per heavy atom. The van der Waals surface area contributed by atoms with E-state index in [-0.39, 0.29) is 17.9 Å². The van der Waals surface area contributed by atoms with Crippen LogP contribution in [-0.4, -0.2) is 66.1 Å². The van der Waals surface area contributed by atoms with E-state index in [1.54, 1.807) is 12.4 Å². The van der Waals surface area contributed by atoms with E-state index in [1.165, 1.54) is 0 Å². The molecule has 132 valence electrons. The number of nitrogens with zero attached hydrogens (tertiary/aromatic N) is 4. The first-order chi connectivity index (χ1) is 11.7. The van der Waals surface area contributed by atoms with E-state index in [4.69, 9.17) is 5.73 Å². The number of rotatable bonds is 5. The lowest BCUT2D eigenvalue weighted by Gasteiger charge is -2.34. The van der Waals surface area contributed by atoms with Gasteiger partial charge in [-0.3, -0.25) is 9.69 Å². The molecule has 2 fully saturated rings. The summed E-state index contributed by atoms with van der Waals surface area (Å²) in [7, 11) is 0. The predicted molar refractivity (Wildman–Crippen MR) is 93.6 cm³/mol. The Bertz CT molecular complexity index is 517. The van der Waals surface area contributed by atoms with Gasteiger partial charge in [-0.05, 0) is 25.3 Å². The Balaban J connectivity index is 1.34. The quantitative estimate of drug-likeness (QED) is 0.803. The number of hydrogen-bond donors (Lipinski definition) is 2. The van der Waals surface area contributed by atoms with Crippen molar-refractivity contribution < 1.29 is 4.79 Å². The standard InChI is InChI=1S/C17H28N6O/c18-15-4-1-3-14(13-15)16(24)19-7-8-22-9-11-23(12-10-22)17-20-5-2-6-21-17/h2,5-6,14-15H,1,3-4,7-13,18H2,(H,19,24). The van der Waals surface area contributed by atoms with Crippen molar-refractivity contribution in [3.05, 3.63) is 18.5 Å². The number of carbonyl (C=O) groups excluding carboxylic acids is 1. The van der Waals surface area contributed by atoms with Crippen LogP contribution in [0.1, 0.15) is 25.7 Å². The Labute approximate surface area is 143 Å².